The summed E-state index contributed by atoms with van der Waals surface area (Å²) in [6.45, 7) is 0. The van der Waals surface area contributed by atoms with Crippen LogP contribution in [-0.2, 0) is 12.8 Å². The lowest BCUT2D eigenvalue weighted by Crippen LogP contribution is -1.97. The first kappa shape index (κ1) is 11.7. The van der Waals surface area contributed by atoms with Crippen LogP contribution in [0.5, 0.6) is 0 Å². The molecular formula is C15H12N4S. The topological polar surface area (TPSA) is 54.5 Å². The molecule has 2 heterocycles. The molecule has 0 saturated carbocycles. The van der Waals surface area contributed by atoms with Crippen molar-refractivity contribution in [1.29, 1.82) is 0 Å². The Morgan fingerprint density at radius 2 is 1.90 bits per heavy atom. The normalized spacial score (nSPS) is 13.6. The highest BCUT2D eigenvalue weighted by Crippen LogP contribution is 2.25. The predicted octanol–water partition coefficient (Wildman–Crippen LogP) is 3.24. The molecule has 0 saturated heterocycles. The number of rotatable bonds is 1. The monoisotopic (exact) mass is 280 g/mol. The summed E-state index contributed by atoms with van der Waals surface area (Å²) >= 11 is 5.40. The molecule has 2 aromatic heterocycles. The Morgan fingerprint density at radius 1 is 1.05 bits per heavy atom. The van der Waals surface area contributed by atoms with Crippen molar-refractivity contribution in [1.82, 2.24) is 19.9 Å². The third-order valence-electron chi connectivity index (χ3n) is 3.70. The van der Waals surface area contributed by atoms with Crippen molar-refractivity contribution in [2.75, 3.05) is 0 Å². The molecular weight excluding hydrogens is 268 g/mol. The molecule has 0 fully saturated rings. The zero-order valence-corrected chi connectivity index (χ0v) is 11.6. The van der Waals surface area contributed by atoms with E-state index in [1.165, 1.54) is 11.3 Å². The van der Waals surface area contributed by atoms with E-state index in [1.54, 1.807) is 12.4 Å². The van der Waals surface area contributed by atoms with Gasteiger partial charge < -0.3 is 4.98 Å². The summed E-state index contributed by atoms with van der Waals surface area (Å²) in [5.74, 6) is 0.822. The maximum Gasteiger partial charge on any atom is 0.139 e. The summed E-state index contributed by atoms with van der Waals surface area (Å²) in [5, 5.41) is 0. The second kappa shape index (κ2) is 4.45. The number of aromatic nitrogens is 4. The first-order chi connectivity index (χ1) is 9.81. The fraction of sp³-hybridized carbons (Fsp3) is 0.200. The number of nitrogens with one attached hydrogen (secondary N) is 1. The molecule has 0 spiro atoms. The third kappa shape index (κ3) is 1.82. The van der Waals surface area contributed by atoms with Gasteiger partial charge in [-0.1, -0.05) is 12.2 Å². The number of benzene rings is 1. The van der Waals surface area contributed by atoms with Gasteiger partial charge in [-0.25, -0.2) is 4.98 Å². The van der Waals surface area contributed by atoms with E-state index in [9.17, 15) is 0 Å². The summed E-state index contributed by atoms with van der Waals surface area (Å²) < 4.78 is 0.727. The fourth-order valence-corrected chi connectivity index (χ4v) is 3.02. The van der Waals surface area contributed by atoms with E-state index >= 15 is 0 Å². The van der Waals surface area contributed by atoms with E-state index in [0.29, 0.717) is 0 Å². The number of H-pyrrole nitrogens is 1. The van der Waals surface area contributed by atoms with E-state index in [1.807, 2.05) is 18.2 Å². The number of nitrogens with zero attached hydrogens (tertiary/aromatic N) is 3. The van der Waals surface area contributed by atoms with Crippen LogP contribution in [0.3, 0.4) is 0 Å². The van der Waals surface area contributed by atoms with Crippen LogP contribution in [0, 0.1) is 4.64 Å². The minimum absolute atomic E-state index is 0.727. The van der Waals surface area contributed by atoms with Crippen molar-refractivity contribution >= 4 is 23.3 Å². The molecule has 1 N–H and O–H groups in total. The maximum atomic E-state index is 5.40. The zero-order valence-electron chi connectivity index (χ0n) is 10.8. The molecule has 1 aliphatic rings. The summed E-state index contributed by atoms with van der Waals surface area (Å²) in [6, 6.07) is 5.96. The Labute approximate surface area is 120 Å². The number of hydrogen-bond acceptors (Lipinski definition) is 4. The van der Waals surface area contributed by atoms with Gasteiger partial charge in [-0.3, -0.25) is 9.97 Å². The number of aryl methyl sites for hydroxylation is 1. The van der Waals surface area contributed by atoms with Gasteiger partial charge in [0.1, 0.15) is 10.5 Å². The van der Waals surface area contributed by atoms with E-state index in [0.717, 1.165) is 46.3 Å². The summed E-state index contributed by atoms with van der Waals surface area (Å²) in [4.78, 5) is 16.6. The van der Waals surface area contributed by atoms with Gasteiger partial charge in [0.05, 0.1) is 11.0 Å². The van der Waals surface area contributed by atoms with Crippen LogP contribution >= 0.6 is 12.2 Å². The zero-order chi connectivity index (χ0) is 13.5. The standard InChI is InChI=1S/C15H12N4S/c20-15-10-2-1-3-11(10)18-14(19-15)9-4-5-12-13(8-9)17-7-6-16-12/h4-8H,1-3H2,(H,18,19,20). The lowest BCUT2D eigenvalue weighted by atomic mass is 10.1. The molecule has 5 heteroatoms. The Bertz CT molecular complexity index is 869. The van der Waals surface area contributed by atoms with Crippen LogP contribution in [-0.4, -0.2) is 19.9 Å². The Kier molecular flexibility index (Phi) is 2.60. The minimum atomic E-state index is 0.727. The van der Waals surface area contributed by atoms with Crippen LogP contribution in [0.4, 0.5) is 0 Å². The second-order valence-corrected chi connectivity index (χ2v) is 5.35. The summed E-state index contributed by atoms with van der Waals surface area (Å²) in [5.41, 5.74) is 5.20. The predicted molar refractivity (Wildman–Crippen MR) is 80.0 cm³/mol. The van der Waals surface area contributed by atoms with Crippen LogP contribution < -0.4 is 0 Å². The highest BCUT2D eigenvalue weighted by atomic mass is 32.1. The van der Waals surface area contributed by atoms with Crippen molar-refractivity contribution in [3.63, 3.8) is 0 Å². The van der Waals surface area contributed by atoms with Gasteiger partial charge in [-0.05, 0) is 37.5 Å². The van der Waals surface area contributed by atoms with Gasteiger partial charge in [0.2, 0.25) is 0 Å². The molecule has 3 aromatic rings. The fourth-order valence-electron chi connectivity index (χ4n) is 2.70. The Morgan fingerprint density at radius 3 is 2.80 bits per heavy atom. The number of fused-ring (bicyclic) bond motifs is 2. The molecule has 20 heavy (non-hydrogen) atoms. The highest BCUT2D eigenvalue weighted by Gasteiger charge is 2.15. The van der Waals surface area contributed by atoms with E-state index in [4.69, 9.17) is 12.2 Å². The lowest BCUT2D eigenvalue weighted by Gasteiger charge is -2.06. The molecule has 0 atom stereocenters. The van der Waals surface area contributed by atoms with E-state index < -0.39 is 0 Å². The van der Waals surface area contributed by atoms with Crippen molar-refractivity contribution < 1.29 is 0 Å². The molecule has 0 unspecified atom stereocenters. The van der Waals surface area contributed by atoms with Crippen LogP contribution in [0.2, 0.25) is 0 Å². The highest BCUT2D eigenvalue weighted by molar-refractivity contribution is 7.71. The van der Waals surface area contributed by atoms with Gasteiger partial charge in [0.15, 0.2) is 0 Å². The first-order valence-electron chi connectivity index (χ1n) is 6.64. The molecule has 4 nitrogen and oxygen atoms in total. The van der Waals surface area contributed by atoms with Gasteiger partial charge >= 0.3 is 0 Å². The molecule has 98 valence electrons. The van der Waals surface area contributed by atoms with Crippen molar-refractivity contribution in [2.45, 2.75) is 19.3 Å². The van der Waals surface area contributed by atoms with Crippen molar-refractivity contribution in [3.05, 3.63) is 46.5 Å². The van der Waals surface area contributed by atoms with Crippen LogP contribution in [0.15, 0.2) is 30.6 Å². The minimum Gasteiger partial charge on any atom is -0.343 e. The average Bonchev–Trinajstić information content (AvgIpc) is 2.96. The molecule has 0 amide bonds. The Hall–Kier alpha value is -2.14. The Balaban J connectivity index is 1.91. The second-order valence-electron chi connectivity index (χ2n) is 4.96. The quantitative estimate of drug-likeness (QED) is 0.695. The van der Waals surface area contributed by atoms with Crippen molar-refractivity contribution in [2.24, 2.45) is 0 Å². The van der Waals surface area contributed by atoms with Gasteiger partial charge in [-0.15, -0.1) is 0 Å². The smallest absolute Gasteiger partial charge is 0.139 e. The SMILES string of the molecule is S=c1nc(-c2ccc3nccnc3c2)[nH]c2c1CCC2. The first-order valence-corrected chi connectivity index (χ1v) is 7.05. The average molecular weight is 280 g/mol. The van der Waals surface area contributed by atoms with E-state index in [-0.39, 0.29) is 0 Å². The third-order valence-corrected chi connectivity index (χ3v) is 4.04. The van der Waals surface area contributed by atoms with Crippen molar-refractivity contribution in [3.8, 4) is 11.4 Å². The number of hydrogen-bond donors (Lipinski definition) is 1. The molecule has 1 aromatic carbocycles. The summed E-state index contributed by atoms with van der Waals surface area (Å²) in [6.07, 6.45) is 6.65. The lowest BCUT2D eigenvalue weighted by molar-refractivity contribution is 0.899. The molecule has 1 aliphatic carbocycles. The molecule has 0 bridgehead atoms. The largest absolute Gasteiger partial charge is 0.343 e. The van der Waals surface area contributed by atoms with Gasteiger partial charge in [-0.2, -0.15) is 0 Å². The molecule has 0 radical (unpaired) electrons. The maximum absolute atomic E-state index is 5.40. The van der Waals surface area contributed by atoms with Crippen LogP contribution in [0.25, 0.3) is 22.4 Å². The molecule has 4 rings (SSSR count). The molecule has 0 aliphatic heterocycles. The van der Waals surface area contributed by atoms with Crippen LogP contribution in [0.1, 0.15) is 17.7 Å². The number of aromatic amines is 1. The van der Waals surface area contributed by atoms with E-state index in [2.05, 4.69) is 19.9 Å². The van der Waals surface area contributed by atoms with Gasteiger partial charge in [0.25, 0.3) is 0 Å². The summed E-state index contributed by atoms with van der Waals surface area (Å²) in [7, 11) is 0. The van der Waals surface area contributed by atoms with Gasteiger partial charge in [0, 0.05) is 29.2 Å².